The van der Waals surface area contributed by atoms with Crippen LogP contribution in [0.4, 0.5) is 0 Å². The highest BCUT2D eigenvalue weighted by molar-refractivity contribution is 7.49. The van der Waals surface area contributed by atoms with Gasteiger partial charge in [-0.05, 0) is 55.4 Å². The second-order valence-electron chi connectivity index (χ2n) is 12.0. The summed E-state index contributed by atoms with van der Waals surface area (Å²) in [5, 5.41) is 0. The van der Waals surface area contributed by atoms with Crippen LogP contribution in [-0.4, -0.2) is 33.0 Å². The van der Waals surface area contributed by atoms with Crippen LogP contribution >= 0.6 is 7.82 Å². The molecule has 0 saturated carbocycles. The van der Waals surface area contributed by atoms with Gasteiger partial charge >= 0.3 is 7.82 Å². The van der Waals surface area contributed by atoms with Gasteiger partial charge in [-0.25, -0.2) is 4.57 Å². The Morgan fingerprint density at radius 1 is 0.467 bits per heavy atom. The summed E-state index contributed by atoms with van der Waals surface area (Å²) >= 11 is 0. The average molecular weight is 647 g/mol. The monoisotopic (exact) mass is 646 g/mol. The molecule has 0 heterocycles. The van der Waals surface area contributed by atoms with Crippen LogP contribution < -0.4 is 9.05 Å². The Bertz CT molecular complexity index is 961. The van der Waals surface area contributed by atoms with Crippen LogP contribution in [0.5, 0.6) is 11.5 Å². The molecule has 0 aliphatic rings. The molecule has 0 spiro atoms. The summed E-state index contributed by atoms with van der Waals surface area (Å²) in [5.41, 5.74) is 2.05. The molecule has 2 rings (SSSR count). The minimum absolute atomic E-state index is 0.0894. The molecule has 45 heavy (non-hydrogen) atoms. The second kappa shape index (κ2) is 26.2. The second-order valence-corrected chi connectivity index (χ2v) is 13.5. The van der Waals surface area contributed by atoms with Crippen LogP contribution in [0.1, 0.15) is 135 Å². The van der Waals surface area contributed by atoms with E-state index in [1.807, 2.05) is 48.5 Å². The van der Waals surface area contributed by atoms with Gasteiger partial charge in [0.15, 0.2) is 0 Å². The van der Waals surface area contributed by atoms with Gasteiger partial charge in [0, 0.05) is 6.61 Å². The number of unbranched alkanes of at least 4 members (excludes halogenated alkanes) is 13. The molecule has 0 aliphatic carbocycles. The zero-order valence-corrected chi connectivity index (χ0v) is 29.7. The first-order valence-corrected chi connectivity index (χ1v) is 19.5. The number of phosphoric acid groups is 1. The molecule has 256 valence electrons. The van der Waals surface area contributed by atoms with Crippen LogP contribution in [0.15, 0.2) is 48.5 Å². The molecular weight excluding hydrogens is 583 g/mol. The van der Waals surface area contributed by atoms with E-state index in [4.69, 9.17) is 23.0 Å². The largest absolute Gasteiger partial charge is 0.587 e. The predicted molar refractivity (Wildman–Crippen MR) is 188 cm³/mol. The Morgan fingerprint density at radius 2 is 0.867 bits per heavy atom. The van der Waals surface area contributed by atoms with Crippen molar-refractivity contribution in [1.29, 1.82) is 0 Å². The van der Waals surface area contributed by atoms with Crippen molar-refractivity contribution in [2.45, 2.75) is 136 Å². The zero-order chi connectivity index (χ0) is 32.3. The molecule has 2 aromatic rings. The van der Waals surface area contributed by atoms with Crippen molar-refractivity contribution in [2.24, 2.45) is 0 Å². The molecule has 0 unspecified atom stereocenters. The van der Waals surface area contributed by atoms with Crippen LogP contribution in [0.25, 0.3) is 0 Å². The zero-order valence-electron chi connectivity index (χ0n) is 28.8. The molecule has 0 N–H and O–H groups in total. The fourth-order valence-corrected chi connectivity index (χ4v) is 6.51. The van der Waals surface area contributed by atoms with E-state index in [9.17, 15) is 4.57 Å². The van der Waals surface area contributed by atoms with E-state index < -0.39 is 7.82 Å². The van der Waals surface area contributed by atoms with E-state index in [0.717, 1.165) is 56.3 Å². The molecular formula is C38H63O6P. The first kappa shape index (κ1) is 39.3. The van der Waals surface area contributed by atoms with E-state index in [-0.39, 0.29) is 13.2 Å². The summed E-state index contributed by atoms with van der Waals surface area (Å²) in [6.07, 6.45) is 21.2. The van der Waals surface area contributed by atoms with Gasteiger partial charge < -0.3 is 18.5 Å². The van der Waals surface area contributed by atoms with Gasteiger partial charge in [-0.3, -0.25) is 4.52 Å². The lowest BCUT2D eigenvalue weighted by molar-refractivity contribution is 0.0323. The summed E-state index contributed by atoms with van der Waals surface area (Å²) in [4.78, 5) is 0. The molecule has 0 aliphatic heterocycles. The maximum Gasteiger partial charge on any atom is 0.587 e. The smallest absolute Gasteiger partial charge is 0.395 e. The lowest BCUT2D eigenvalue weighted by atomic mass is 10.0. The third kappa shape index (κ3) is 18.8. The van der Waals surface area contributed by atoms with Gasteiger partial charge in [-0.2, -0.15) is 0 Å². The Hall–Kier alpha value is -1.85. The van der Waals surface area contributed by atoms with Crippen LogP contribution in [0.2, 0.25) is 0 Å². The van der Waals surface area contributed by atoms with Gasteiger partial charge in [-0.1, -0.05) is 141 Å². The Balaban J connectivity index is 2.03. The molecule has 0 radical (unpaired) electrons. The summed E-state index contributed by atoms with van der Waals surface area (Å²) in [7, 11) is -4.01. The quantitative estimate of drug-likeness (QED) is 0.0621. The molecule has 0 amide bonds. The van der Waals surface area contributed by atoms with Crippen molar-refractivity contribution >= 4 is 7.82 Å². The Kier molecular flexibility index (Phi) is 22.9. The van der Waals surface area contributed by atoms with Gasteiger partial charge in [0.05, 0.1) is 26.4 Å². The van der Waals surface area contributed by atoms with Crippen molar-refractivity contribution in [3.8, 4) is 11.5 Å². The maximum absolute atomic E-state index is 14.3. The molecule has 0 aromatic heterocycles. The fourth-order valence-electron chi connectivity index (χ4n) is 5.23. The number of phosphoric ester groups is 1. The topological polar surface area (TPSA) is 63.2 Å². The fraction of sp³-hybridized carbons (Fsp3) is 0.684. The maximum atomic E-state index is 14.3. The van der Waals surface area contributed by atoms with E-state index in [1.165, 1.54) is 77.0 Å². The minimum atomic E-state index is -4.01. The minimum Gasteiger partial charge on any atom is -0.395 e. The summed E-state index contributed by atoms with van der Waals surface area (Å²) in [6, 6.07) is 15.6. The molecule has 2 aromatic carbocycles. The number of ether oxygens (including phenoxy) is 2. The van der Waals surface area contributed by atoms with Crippen LogP contribution in [0.3, 0.4) is 0 Å². The Labute approximate surface area is 275 Å². The van der Waals surface area contributed by atoms with Crippen molar-refractivity contribution in [3.63, 3.8) is 0 Å². The molecule has 0 atom stereocenters. The lowest BCUT2D eigenvalue weighted by Gasteiger charge is -2.22. The summed E-state index contributed by atoms with van der Waals surface area (Å²) < 4.78 is 43.8. The van der Waals surface area contributed by atoms with Gasteiger partial charge in [0.2, 0.25) is 0 Å². The normalized spacial score (nSPS) is 11.6. The number of hydrogen-bond acceptors (Lipinski definition) is 6. The first-order valence-electron chi connectivity index (χ1n) is 18.1. The number of rotatable bonds is 30. The van der Waals surface area contributed by atoms with Crippen molar-refractivity contribution in [1.82, 2.24) is 0 Å². The van der Waals surface area contributed by atoms with Gasteiger partial charge in [-0.15, -0.1) is 0 Å². The van der Waals surface area contributed by atoms with E-state index in [1.54, 1.807) is 0 Å². The summed E-state index contributed by atoms with van der Waals surface area (Å²) in [5.74, 6) is 1.11. The third-order valence-electron chi connectivity index (χ3n) is 7.96. The number of para-hydroxylation sites is 2. The third-order valence-corrected chi connectivity index (χ3v) is 9.30. The van der Waals surface area contributed by atoms with Crippen molar-refractivity contribution < 1.29 is 27.6 Å². The van der Waals surface area contributed by atoms with Crippen LogP contribution in [0, 0.1) is 0 Å². The first-order chi connectivity index (χ1) is 22.1. The molecule has 6 nitrogen and oxygen atoms in total. The molecule has 7 heteroatoms. The lowest BCUT2D eigenvalue weighted by Crippen LogP contribution is -2.13. The molecule has 0 saturated heterocycles. The summed E-state index contributed by atoms with van der Waals surface area (Å²) in [6.45, 7) is 8.72. The van der Waals surface area contributed by atoms with E-state index >= 15 is 0 Å². The highest BCUT2D eigenvalue weighted by Gasteiger charge is 2.32. The average Bonchev–Trinajstić information content (AvgIpc) is 3.04. The molecule has 0 bridgehead atoms. The van der Waals surface area contributed by atoms with E-state index in [0.29, 0.717) is 24.7 Å². The van der Waals surface area contributed by atoms with Crippen LogP contribution in [-0.2, 0) is 31.4 Å². The highest BCUT2D eigenvalue weighted by atomic mass is 31.2. The molecule has 0 fully saturated rings. The SMILES string of the molecule is CCCCCCCCCc1ccccc1OP(=O)(OCCOCCOCCCC)Oc1ccccc1CCCCCCCCC. The predicted octanol–water partition coefficient (Wildman–Crippen LogP) is 11.7. The standard InChI is InChI=1S/C38H63O6P/c1-4-7-10-12-14-16-18-24-35-26-20-22-28-37(35)43-45(39,42-34-33-41-32-31-40-30-9-6-3)44-38-29-23-21-27-36(38)25-19-17-15-13-11-8-5-2/h20-23,26-29H,4-19,24-25,30-34H2,1-3H3. The highest BCUT2D eigenvalue weighted by Crippen LogP contribution is 2.51. The number of aryl methyl sites for hydroxylation is 2. The van der Waals surface area contributed by atoms with E-state index in [2.05, 4.69) is 20.8 Å². The van der Waals surface area contributed by atoms with Gasteiger partial charge in [0.1, 0.15) is 11.5 Å². The number of benzene rings is 2. The number of hydrogen-bond donors (Lipinski definition) is 0. The van der Waals surface area contributed by atoms with Gasteiger partial charge in [0.25, 0.3) is 0 Å². The van der Waals surface area contributed by atoms with Crippen molar-refractivity contribution in [2.75, 3.05) is 33.0 Å². The van der Waals surface area contributed by atoms with Crippen molar-refractivity contribution in [3.05, 3.63) is 59.7 Å². The Morgan fingerprint density at radius 3 is 1.36 bits per heavy atom.